The van der Waals surface area contributed by atoms with Crippen LogP contribution in [0.3, 0.4) is 0 Å². The first-order valence-electron chi connectivity index (χ1n) is 13.3. The largest absolute Gasteiger partial charge is 0.368 e. The van der Waals surface area contributed by atoms with E-state index in [2.05, 4.69) is 47.7 Å². The van der Waals surface area contributed by atoms with Crippen LogP contribution in [-0.4, -0.2) is 55.5 Å². The Hall–Kier alpha value is -0.460. The van der Waals surface area contributed by atoms with E-state index in [1.54, 1.807) is 0 Å². The summed E-state index contributed by atoms with van der Waals surface area (Å²) in [5, 5.41) is 10.2. The van der Waals surface area contributed by atoms with Crippen LogP contribution in [0.2, 0.25) is 0 Å². The zero-order chi connectivity index (χ0) is 23.9. The quantitative estimate of drug-likeness (QED) is 0.423. The smallest absolute Gasteiger partial charge is 0.158 e. The number of ether oxygens (including phenoxy) is 5. The monoisotopic (exact) mass is 540 g/mol. The predicted octanol–water partition coefficient (Wildman–Crippen LogP) is 5.27. The molecular formula is C27H41BrO6. The highest BCUT2D eigenvalue weighted by molar-refractivity contribution is 9.11. The van der Waals surface area contributed by atoms with E-state index in [0.717, 1.165) is 75.5 Å². The van der Waals surface area contributed by atoms with Gasteiger partial charge in [0.05, 0.1) is 18.3 Å². The summed E-state index contributed by atoms with van der Waals surface area (Å²) in [6.07, 6.45) is 10.4. The highest BCUT2D eigenvalue weighted by atomic mass is 79.9. The van der Waals surface area contributed by atoms with Crippen LogP contribution in [0.4, 0.5) is 0 Å². The minimum atomic E-state index is -0.692. The summed E-state index contributed by atoms with van der Waals surface area (Å²) >= 11 is 3.90. The van der Waals surface area contributed by atoms with E-state index in [0.29, 0.717) is 6.42 Å². The van der Waals surface area contributed by atoms with Gasteiger partial charge < -0.3 is 28.8 Å². The molecule has 0 spiro atoms. The Labute approximate surface area is 213 Å². The lowest BCUT2D eigenvalue weighted by Crippen LogP contribution is -2.33. The van der Waals surface area contributed by atoms with Crippen molar-refractivity contribution in [3.63, 3.8) is 0 Å². The fraction of sp³-hybridized carbons (Fsp3) is 0.852. The van der Waals surface area contributed by atoms with Crippen molar-refractivity contribution in [2.24, 2.45) is 17.8 Å². The molecule has 3 saturated heterocycles. The van der Waals surface area contributed by atoms with Gasteiger partial charge in [-0.05, 0) is 50.4 Å². The highest BCUT2D eigenvalue weighted by Gasteiger charge is 2.50. The molecule has 9 atom stereocenters. The Bertz CT molecular complexity index is 720. The number of halogens is 1. The molecule has 3 aliphatic heterocycles. The average molecular weight is 542 g/mol. The maximum atomic E-state index is 10.2. The van der Waals surface area contributed by atoms with E-state index in [4.69, 9.17) is 23.7 Å². The van der Waals surface area contributed by atoms with Crippen molar-refractivity contribution in [2.45, 2.75) is 115 Å². The van der Waals surface area contributed by atoms with E-state index in [1.807, 2.05) is 0 Å². The molecule has 0 radical (unpaired) electrons. The van der Waals surface area contributed by atoms with Crippen LogP contribution < -0.4 is 0 Å². The molecule has 0 bridgehead atoms. The van der Waals surface area contributed by atoms with E-state index < -0.39 is 6.29 Å². The van der Waals surface area contributed by atoms with Gasteiger partial charge in [-0.2, -0.15) is 0 Å². The predicted molar refractivity (Wildman–Crippen MR) is 133 cm³/mol. The first-order chi connectivity index (χ1) is 16.5. The Balaban J connectivity index is 1.51. The van der Waals surface area contributed by atoms with Gasteiger partial charge >= 0.3 is 0 Å². The van der Waals surface area contributed by atoms with Gasteiger partial charge in [-0.25, -0.2) is 0 Å². The maximum Gasteiger partial charge on any atom is 0.158 e. The average Bonchev–Trinajstić information content (AvgIpc) is 3.35. The van der Waals surface area contributed by atoms with E-state index >= 15 is 0 Å². The summed E-state index contributed by atoms with van der Waals surface area (Å²) in [7, 11) is 0. The third-order valence-corrected chi connectivity index (χ3v) is 8.15. The Kier molecular flexibility index (Phi) is 10.3. The molecule has 7 heteroatoms. The summed E-state index contributed by atoms with van der Waals surface area (Å²) in [5.74, 6) is 7.03. The molecule has 0 aromatic heterocycles. The zero-order valence-electron chi connectivity index (χ0n) is 20.6. The van der Waals surface area contributed by atoms with Crippen molar-refractivity contribution < 1.29 is 28.8 Å². The third-order valence-electron chi connectivity index (χ3n) is 7.44. The molecule has 6 nitrogen and oxygen atoms in total. The summed E-state index contributed by atoms with van der Waals surface area (Å²) < 4.78 is 31.6. The standard InChI is InChI=1S/C27H41BrO6/c1-3-4-5-10-18(2)27(34-26-12-7-9-14-31-26)21(28)15-19-20-16-24(29)32-22(20)17-23(19)33-25-11-6-8-13-30-25/h15,18-20,22-27,29H,3,6-14,16-17H2,1-2H3/b21-15+/t18-,19-,20+,22-,23+,24?,25?,26?,27-/m0/s1. The van der Waals surface area contributed by atoms with E-state index in [-0.39, 0.29) is 48.6 Å². The molecule has 4 rings (SSSR count). The van der Waals surface area contributed by atoms with Gasteiger partial charge in [0.15, 0.2) is 18.9 Å². The summed E-state index contributed by atoms with van der Waals surface area (Å²) in [5.41, 5.74) is 0. The zero-order valence-corrected chi connectivity index (χ0v) is 22.2. The number of fused-ring (bicyclic) bond motifs is 1. The molecule has 3 heterocycles. The summed E-state index contributed by atoms with van der Waals surface area (Å²) in [4.78, 5) is 0. The minimum Gasteiger partial charge on any atom is -0.368 e. The molecule has 192 valence electrons. The van der Waals surface area contributed by atoms with Gasteiger partial charge in [0.2, 0.25) is 0 Å². The summed E-state index contributed by atoms with van der Waals surface area (Å²) in [6, 6.07) is 0. The second kappa shape index (κ2) is 13.2. The fourth-order valence-corrected chi connectivity index (χ4v) is 6.49. The van der Waals surface area contributed by atoms with Crippen LogP contribution in [0.15, 0.2) is 10.6 Å². The second-order valence-corrected chi connectivity index (χ2v) is 11.0. The van der Waals surface area contributed by atoms with Gasteiger partial charge in [0, 0.05) is 49.3 Å². The van der Waals surface area contributed by atoms with Gasteiger partial charge in [-0.1, -0.05) is 35.9 Å². The van der Waals surface area contributed by atoms with Crippen molar-refractivity contribution in [3.8, 4) is 11.8 Å². The lowest BCUT2D eigenvalue weighted by molar-refractivity contribution is -0.196. The van der Waals surface area contributed by atoms with Crippen LogP contribution in [0.1, 0.15) is 78.1 Å². The second-order valence-electron chi connectivity index (χ2n) is 10.1. The van der Waals surface area contributed by atoms with Crippen molar-refractivity contribution in [2.75, 3.05) is 13.2 Å². The van der Waals surface area contributed by atoms with Crippen molar-refractivity contribution >= 4 is 15.9 Å². The molecule has 4 aliphatic rings. The van der Waals surface area contributed by atoms with Gasteiger partial charge in [0.25, 0.3) is 0 Å². The summed E-state index contributed by atoms with van der Waals surface area (Å²) in [6.45, 7) is 5.78. The molecule has 1 saturated carbocycles. The lowest BCUT2D eigenvalue weighted by atomic mass is 9.90. The molecule has 0 aromatic carbocycles. The number of hydrogen-bond acceptors (Lipinski definition) is 6. The normalized spacial score (nSPS) is 38.1. The Morgan fingerprint density at radius 1 is 1.09 bits per heavy atom. The van der Waals surface area contributed by atoms with Crippen LogP contribution in [0.5, 0.6) is 0 Å². The number of aliphatic hydroxyl groups is 1. The van der Waals surface area contributed by atoms with Crippen LogP contribution in [-0.2, 0) is 23.7 Å². The molecule has 3 unspecified atom stereocenters. The minimum absolute atomic E-state index is 0.0000743. The fourth-order valence-electron chi connectivity index (χ4n) is 5.63. The molecule has 1 aliphatic carbocycles. The molecule has 0 amide bonds. The van der Waals surface area contributed by atoms with Crippen LogP contribution in [0, 0.1) is 29.6 Å². The molecule has 0 aromatic rings. The number of hydrogen-bond donors (Lipinski definition) is 1. The van der Waals surface area contributed by atoms with Crippen LogP contribution >= 0.6 is 15.9 Å². The highest BCUT2D eigenvalue weighted by Crippen LogP contribution is 2.46. The van der Waals surface area contributed by atoms with Crippen molar-refractivity contribution in [3.05, 3.63) is 10.6 Å². The molecule has 4 fully saturated rings. The number of rotatable bonds is 8. The van der Waals surface area contributed by atoms with Crippen LogP contribution in [0.25, 0.3) is 0 Å². The SMILES string of the molecule is CCC#CC[C@H](C)[C@H](OC1CCCCO1)/C(Br)=C\[C@H]1[C@H]2CC(O)O[C@H]2C[C@H]1OC1CCCCO1. The van der Waals surface area contributed by atoms with Crippen molar-refractivity contribution in [1.82, 2.24) is 0 Å². The maximum absolute atomic E-state index is 10.2. The van der Waals surface area contributed by atoms with Crippen molar-refractivity contribution in [1.29, 1.82) is 0 Å². The third kappa shape index (κ3) is 7.06. The Morgan fingerprint density at radius 3 is 2.50 bits per heavy atom. The molecule has 34 heavy (non-hydrogen) atoms. The lowest BCUT2D eigenvalue weighted by Gasteiger charge is -2.32. The van der Waals surface area contributed by atoms with Gasteiger partial charge in [-0.3, -0.25) is 0 Å². The van der Waals surface area contributed by atoms with Gasteiger partial charge in [-0.15, -0.1) is 11.8 Å². The topological polar surface area (TPSA) is 66.4 Å². The van der Waals surface area contributed by atoms with E-state index in [1.165, 1.54) is 0 Å². The first kappa shape index (κ1) is 26.6. The first-order valence-corrected chi connectivity index (χ1v) is 14.0. The molecule has 1 N–H and O–H groups in total. The molecular weight excluding hydrogens is 500 g/mol. The van der Waals surface area contributed by atoms with E-state index in [9.17, 15) is 5.11 Å². The number of aliphatic hydroxyl groups excluding tert-OH is 1. The van der Waals surface area contributed by atoms with Gasteiger partial charge in [0.1, 0.15) is 0 Å². The Morgan fingerprint density at radius 2 is 1.82 bits per heavy atom.